The van der Waals surface area contributed by atoms with Crippen LogP contribution in [0, 0.1) is 11.7 Å². The van der Waals surface area contributed by atoms with Crippen LogP contribution in [0.4, 0.5) is 28.9 Å². The van der Waals surface area contributed by atoms with E-state index in [1.807, 2.05) is 0 Å². The van der Waals surface area contributed by atoms with E-state index < -0.39 is 63.8 Å². The maximum absolute atomic E-state index is 14.0. The van der Waals surface area contributed by atoms with Crippen molar-refractivity contribution in [2.24, 2.45) is 5.92 Å². The van der Waals surface area contributed by atoms with Crippen molar-refractivity contribution < 1.29 is 36.7 Å². The van der Waals surface area contributed by atoms with E-state index in [4.69, 9.17) is 16.3 Å². The predicted octanol–water partition coefficient (Wildman–Crippen LogP) is 6.06. The zero-order valence-corrected chi connectivity index (χ0v) is 24.4. The molecule has 1 aromatic heterocycles. The minimum Gasteiger partial charge on any atom is -0.483 e. The number of halogens is 5. The highest BCUT2D eigenvalue weighted by atomic mass is 35.5. The summed E-state index contributed by atoms with van der Waals surface area (Å²) < 4.78 is 59.4. The molecule has 2 aliphatic rings. The lowest BCUT2D eigenvalue weighted by Gasteiger charge is -2.31. The van der Waals surface area contributed by atoms with Crippen LogP contribution in [0.3, 0.4) is 0 Å². The average molecular weight is 664 g/mol. The van der Waals surface area contributed by atoms with Crippen LogP contribution in [-0.2, 0) is 20.6 Å². The first-order valence-electron chi connectivity index (χ1n) is 12.8. The number of rotatable bonds is 6. The number of hydrogen-bond acceptors (Lipinski definition) is 7. The normalized spacial score (nSPS) is 19.5. The summed E-state index contributed by atoms with van der Waals surface area (Å²) in [4.78, 5) is 56.0. The molecule has 44 heavy (non-hydrogen) atoms. The SMILES string of the molecule is O=C(COc1ccc(Cl)cc1[C@H]1c2sc(=O)[nH]c2SC2C(=O)N(c3cccc(C(F)(F)F)c3)C(=O)C21)Nc1ccc(F)cc1. The Kier molecular flexibility index (Phi) is 7.76. The summed E-state index contributed by atoms with van der Waals surface area (Å²) in [6.07, 6.45) is -4.70. The Morgan fingerprint density at radius 1 is 1.02 bits per heavy atom. The maximum atomic E-state index is 14.0. The molecule has 0 bridgehead atoms. The molecule has 3 atom stereocenters. The van der Waals surface area contributed by atoms with Gasteiger partial charge in [-0.25, -0.2) is 9.29 Å². The van der Waals surface area contributed by atoms with Crippen molar-refractivity contribution in [3.63, 3.8) is 0 Å². The molecule has 1 saturated heterocycles. The topological polar surface area (TPSA) is 109 Å². The van der Waals surface area contributed by atoms with Crippen molar-refractivity contribution in [1.29, 1.82) is 0 Å². The van der Waals surface area contributed by atoms with Gasteiger partial charge in [0, 0.05) is 27.1 Å². The fourth-order valence-electron chi connectivity index (χ4n) is 5.20. The number of thioether (sulfide) groups is 1. The zero-order valence-electron chi connectivity index (χ0n) is 22.0. The van der Waals surface area contributed by atoms with Gasteiger partial charge < -0.3 is 15.0 Å². The van der Waals surface area contributed by atoms with Crippen LogP contribution in [0.5, 0.6) is 5.75 Å². The van der Waals surface area contributed by atoms with E-state index in [0.29, 0.717) is 21.2 Å². The van der Waals surface area contributed by atoms with Gasteiger partial charge in [-0.3, -0.25) is 19.2 Å². The van der Waals surface area contributed by atoms with Gasteiger partial charge in [-0.1, -0.05) is 40.8 Å². The number of nitrogens with zero attached hydrogens (tertiary/aromatic N) is 1. The summed E-state index contributed by atoms with van der Waals surface area (Å²) in [7, 11) is 0. The van der Waals surface area contributed by atoms with Crippen molar-refractivity contribution in [2.75, 3.05) is 16.8 Å². The Bertz CT molecular complexity index is 1860. The van der Waals surface area contributed by atoms with E-state index in [0.717, 1.165) is 46.2 Å². The average Bonchev–Trinajstić information content (AvgIpc) is 3.47. The number of hydrogen-bond donors (Lipinski definition) is 2. The van der Waals surface area contributed by atoms with Crippen molar-refractivity contribution in [3.05, 3.63) is 103 Å². The third-order valence-electron chi connectivity index (χ3n) is 7.05. The third-order valence-corrected chi connectivity index (χ3v) is 9.69. The molecule has 3 heterocycles. The number of ether oxygens (including phenoxy) is 1. The van der Waals surface area contributed by atoms with Gasteiger partial charge in [0.1, 0.15) is 16.8 Å². The number of H-pyrrole nitrogens is 1. The maximum Gasteiger partial charge on any atom is 0.416 e. The first-order valence-corrected chi connectivity index (χ1v) is 14.9. The summed E-state index contributed by atoms with van der Waals surface area (Å²) >= 11 is 8.11. The monoisotopic (exact) mass is 663 g/mol. The fourth-order valence-corrected chi connectivity index (χ4v) is 7.88. The van der Waals surface area contributed by atoms with Crippen LogP contribution in [0.2, 0.25) is 5.02 Å². The first-order chi connectivity index (χ1) is 20.9. The number of benzene rings is 3. The van der Waals surface area contributed by atoms with Gasteiger partial charge in [-0.2, -0.15) is 13.2 Å². The van der Waals surface area contributed by atoms with Gasteiger partial charge in [-0.05, 0) is 60.7 Å². The van der Waals surface area contributed by atoms with E-state index >= 15 is 0 Å². The molecule has 6 rings (SSSR count). The summed E-state index contributed by atoms with van der Waals surface area (Å²) in [5, 5.41) is 2.04. The van der Waals surface area contributed by atoms with Gasteiger partial charge in [-0.15, -0.1) is 0 Å². The molecule has 1 fully saturated rings. The van der Waals surface area contributed by atoms with E-state index in [9.17, 15) is 36.7 Å². The molecule has 2 unspecified atom stereocenters. The van der Waals surface area contributed by atoms with Crippen molar-refractivity contribution >= 4 is 63.8 Å². The van der Waals surface area contributed by atoms with Gasteiger partial charge in [0.05, 0.1) is 22.2 Å². The number of carbonyl (C=O) groups is 3. The zero-order chi connectivity index (χ0) is 31.3. The van der Waals surface area contributed by atoms with Gasteiger partial charge in [0.2, 0.25) is 11.8 Å². The standard InChI is InChI=1S/C29H18ClF4N3O5S2/c30-14-4-9-19(42-12-20(38)35-16-7-5-15(31)6-8-16)18(11-14)21-22-24(43-25-23(21)44-28(41)36-25)27(40)37(26(22)39)17-3-1-2-13(10-17)29(32,33)34/h1-11,21-22,24H,12H2,(H,35,38)(H,36,41)/t21-,22?,24?/m1/s1. The van der Waals surface area contributed by atoms with Crippen molar-refractivity contribution in [2.45, 2.75) is 22.4 Å². The molecule has 0 spiro atoms. The molecule has 8 nitrogen and oxygen atoms in total. The Morgan fingerprint density at radius 3 is 2.50 bits per heavy atom. The Hall–Kier alpha value is -4.14. The second-order valence-electron chi connectivity index (χ2n) is 9.84. The molecular weight excluding hydrogens is 646 g/mol. The van der Waals surface area contributed by atoms with Gasteiger partial charge in [0.25, 0.3) is 5.91 Å². The number of nitrogens with one attached hydrogen (secondary N) is 2. The van der Waals surface area contributed by atoms with Crippen LogP contribution >= 0.6 is 34.7 Å². The van der Waals surface area contributed by atoms with E-state index in [1.165, 1.54) is 48.5 Å². The van der Waals surface area contributed by atoms with Gasteiger partial charge >= 0.3 is 11.0 Å². The largest absolute Gasteiger partial charge is 0.483 e. The van der Waals surface area contributed by atoms with Gasteiger partial charge in [0.15, 0.2) is 6.61 Å². The summed E-state index contributed by atoms with van der Waals surface area (Å²) in [6, 6.07) is 13.5. The van der Waals surface area contributed by atoms with E-state index in [2.05, 4.69) is 10.3 Å². The number of alkyl halides is 3. The van der Waals surface area contributed by atoms with Crippen molar-refractivity contribution in [1.82, 2.24) is 4.98 Å². The molecule has 2 N–H and O–H groups in total. The Labute approximate surface area is 259 Å². The minimum atomic E-state index is -4.70. The molecular formula is C29H18ClF4N3O5S2. The lowest BCUT2D eigenvalue weighted by molar-refractivity contribution is -0.137. The highest BCUT2D eigenvalue weighted by Crippen LogP contribution is 2.55. The molecule has 226 valence electrons. The molecule has 2 aliphatic heterocycles. The number of thiazole rings is 1. The summed E-state index contributed by atoms with van der Waals surface area (Å²) in [6.45, 7) is -0.499. The Morgan fingerprint density at radius 2 is 1.77 bits per heavy atom. The highest BCUT2D eigenvalue weighted by molar-refractivity contribution is 8.00. The molecule has 3 amide bonds. The molecule has 4 aromatic rings. The molecule has 15 heteroatoms. The van der Waals surface area contributed by atoms with Crippen molar-refractivity contribution in [3.8, 4) is 5.75 Å². The van der Waals surface area contributed by atoms with Crippen LogP contribution in [0.15, 0.2) is 76.6 Å². The third kappa shape index (κ3) is 5.60. The Balaban J connectivity index is 1.36. The molecule has 0 radical (unpaired) electrons. The quantitative estimate of drug-likeness (QED) is 0.192. The lowest BCUT2D eigenvalue weighted by Crippen LogP contribution is -2.32. The van der Waals surface area contributed by atoms with E-state index in [1.54, 1.807) is 0 Å². The number of aromatic amines is 1. The summed E-state index contributed by atoms with van der Waals surface area (Å²) in [5.41, 5.74) is -0.635. The number of amides is 3. The number of anilines is 2. The summed E-state index contributed by atoms with van der Waals surface area (Å²) in [5.74, 6) is -4.55. The number of imide groups is 1. The van der Waals surface area contributed by atoms with Crippen LogP contribution in [-0.4, -0.2) is 34.6 Å². The molecule has 0 saturated carbocycles. The number of carbonyl (C=O) groups excluding carboxylic acids is 3. The first kappa shape index (κ1) is 29.9. The van der Waals surface area contributed by atoms with Crippen LogP contribution in [0.25, 0.3) is 0 Å². The predicted molar refractivity (Wildman–Crippen MR) is 156 cm³/mol. The smallest absolute Gasteiger partial charge is 0.416 e. The van der Waals surface area contributed by atoms with Crippen LogP contribution < -0.4 is 19.8 Å². The molecule has 0 aliphatic carbocycles. The second kappa shape index (κ2) is 11.4. The second-order valence-corrected chi connectivity index (χ2v) is 12.4. The highest BCUT2D eigenvalue weighted by Gasteiger charge is 2.57. The fraction of sp³-hybridized carbons (Fsp3) is 0.172. The lowest BCUT2D eigenvalue weighted by atomic mass is 9.82. The van der Waals surface area contributed by atoms with E-state index in [-0.39, 0.29) is 16.5 Å². The van der Waals surface area contributed by atoms with Crippen LogP contribution in [0.1, 0.15) is 21.9 Å². The minimum absolute atomic E-state index is 0.129. The number of aromatic nitrogens is 1. The molecule has 3 aromatic carbocycles. The number of fused-ring (bicyclic) bond motifs is 2.